The highest BCUT2D eigenvalue weighted by atomic mass is 32.2. The monoisotopic (exact) mass is 282 g/mol. The molecule has 2 saturated carbocycles. The normalized spacial score (nSPS) is 30.2. The summed E-state index contributed by atoms with van der Waals surface area (Å²) in [4.78, 5) is 2.90. The van der Waals surface area contributed by atoms with Crippen LogP contribution in [0, 0.1) is 0 Å². The summed E-state index contributed by atoms with van der Waals surface area (Å²) in [6, 6.07) is 0. The van der Waals surface area contributed by atoms with Gasteiger partial charge >= 0.3 is 0 Å². The van der Waals surface area contributed by atoms with Crippen LogP contribution in [0.5, 0.6) is 0 Å². The quantitative estimate of drug-likeness (QED) is 0.855. The van der Waals surface area contributed by atoms with E-state index in [0.717, 1.165) is 0 Å². The van der Waals surface area contributed by atoms with Crippen LogP contribution in [-0.2, 0) is 0 Å². The Kier molecular flexibility index (Phi) is 4.45. The Hall–Kier alpha value is 0.270. The SMILES string of the molecule is CSCCN1CC2(CCCCC2)NCC12CCCC2. The van der Waals surface area contributed by atoms with Crippen molar-refractivity contribution in [3.63, 3.8) is 0 Å². The Balaban J connectivity index is 1.71. The second-order valence-electron chi connectivity index (χ2n) is 7.04. The maximum Gasteiger partial charge on any atom is 0.0335 e. The van der Waals surface area contributed by atoms with Crippen LogP contribution in [0.1, 0.15) is 57.8 Å². The summed E-state index contributed by atoms with van der Waals surface area (Å²) in [6.45, 7) is 3.90. The molecule has 3 fully saturated rings. The molecule has 2 aliphatic carbocycles. The molecule has 3 rings (SSSR count). The summed E-state index contributed by atoms with van der Waals surface area (Å²) in [5.74, 6) is 1.30. The molecular formula is C16H30N2S. The minimum absolute atomic E-state index is 0.477. The van der Waals surface area contributed by atoms with Crippen LogP contribution in [0.15, 0.2) is 0 Å². The topological polar surface area (TPSA) is 15.3 Å². The van der Waals surface area contributed by atoms with Crippen molar-refractivity contribution >= 4 is 11.8 Å². The van der Waals surface area contributed by atoms with Crippen molar-refractivity contribution in [3.05, 3.63) is 0 Å². The molecule has 3 aliphatic rings. The summed E-state index contributed by atoms with van der Waals surface area (Å²) < 4.78 is 0. The van der Waals surface area contributed by atoms with Gasteiger partial charge in [0.1, 0.15) is 0 Å². The van der Waals surface area contributed by atoms with Gasteiger partial charge in [0.25, 0.3) is 0 Å². The Labute approximate surface area is 123 Å². The summed E-state index contributed by atoms with van der Waals surface area (Å²) >= 11 is 2.01. The van der Waals surface area contributed by atoms with E-state index in [9.17, 15) is 0 Å². The first kappa shape index (κ1) is 14.2. The van der Waals surface area contributed by atoms with Gasteiger partial charge < -0.3 is 5.32 Å². The molecule has 110 valence electrons. The van der Waals surface area contributed by atoms with E-state index in [1.165, 1.54) is 83.2 Å². The van der Waals surface area contributed by atoms with Crippen molar-refractivity contribution in [1.29, 1.82) is 0 Å². The molecule has 0 amide bonds. The molecule has 1 saturated heterocycles. The van der Waals surface area contributed by atoms with Gasteiger partial charge in [0.15, 0.2) is 0 Å². The summed E-state index contributed by atoms with van der Waals surface area (Å²) in [7, 11) is 0. The molecule has 2 spiro atoms. The van der Waals surface area contributed by atoms with Crippen molar-refractivity contribution in [3.8, 4) is 0 Å². The second-order valence-corrected chi connectivity index (χ2v) is 8.03. The Bertz CT molecular complexity index is 293. The molecule has 0 aromatic heterocycles. The van der Waals surface area contributed by atoms with E-state index in [4.69, 9.17) is 0 Å². The molecule has 0 aromatic carbocycles. The highest BCUT2D eigenvalue weighted by Gasteiger charge is 2.48. The van der Waals surface area contributed by atoms with Crippen LogP contribution in [0.4, 0.5) is 0 Å². The molecule has 0 radical (unpaired) electrons. The third-order valence-electron chi connectivity index (χ3n) is 5.87. The van der Waals surface area contributed by atoms with Crippen LogP contribution >= 0.6 is 11.8 Å². The number of hydrogen-bond donors (Lipinski definition) is 1. The summed E-state index contributed by atoms with van der Waals surface area (Å²) in [6.07, 6.45) is 15.2. The first-order valence-electron chi connectivity index (χ1n) is 8.28. The van der Waals surface area contributed by atoms with Gasteiger partial charge in [-0.05, 0) is 31.9 Å². The highest BCUT2D eigenvalue weighted by Crippen LogP contribution is 2.41. The van der Waals surface area contributed by atoms with E-state index in [2.05, 4.69) is 16.5 Å². The molecule has 1 N–H and O–H groups in total. The van der Waals surface area contributed by atoms with Gasteiger partial charge in [-0.2, -0.15) is 11.8 Å². The minimum atomic E-state index is 0.477. The number of hydrogen-bond acceptors (Lipinski definition) is 3. The maximum atomic E-state index is 4.03. The Morgan fingerprint density at radius 2 is 1.68 bits per heavy atom. The fraction of sp³-hybridized carbons (Fsp3) is 1.00. The fourth-order valence-corrected chi connectivity index (χ4v) is 5.06. The zero-order valence-corrected chi connectivity index (χ0v) is 13.4. The van der Waals surface area contributed by atoms with E-state index >= 15 is 0 Å². The molecule has 0 unspecified atom stereocenters. The zero-order valence-electron chi connectivity index (χ0n) is 12.5. The maximum absolute atomic E-state index is 4.03. The van der Waals surface area contributed by atoms with Gasteiger partial charge in [0.05, 0.1) is 0 Å². The molecular weight excluding hydrogens is 252 g/mol. The van der Waals surface area contributed by atoms with Gasteiger partial charge in [0.2, 0.25) is 0 Å². The van der Waals surface area contributed by atoms with Crippen LogP contribution in [-0.4, -0.2) is 47.6 Å². The lowest BCUT2D eigenvalue weighted by molar-refractivity contribution is -0.00131. The van der Waals surface area contributed by atoms with Gasteiger partial charge in [0, 0.05) is 36.5 Å². The zero-order chi connectivity index (χ0) is 13.2. The van der Waals surface area contributed by atoms with E-state index in [-0.39, 0.29) is 0 Å². The van der Waals surface area contributed by atoms with E-state index in [0.29, 0.717) is 11.1 Å². The minimum Gasteiger partial charge on any atom is -0.308 e. The van der Waals surface area contributed by atoms with Crippen molar-refractivity contribution in [2.24, 2.45) is 0 Å². The number of rotatable bonds is 3. The van der Waals surface area contributed by atoms with Crippen molar-refractivity contribution in [2.45, 2.75) is 68.9 Å². The van der Waals surface area contributed by atoms with Gasteiger partial charge in [-0.25, -0.2) is 0 Å². The van der Waals surface area contributed by atoms with Gasteiger partial charge in [-0.3, -0.25) is 4.90 Å². The molecule has 0 aromatic rings. The van der Waals surface area contributed by atoms with Gasteiger partial charge in [-0.15, -0.1) is 0 Å². The Morgan fingerprint density at radius 3 is 2.37 bits per heavy atom. The molecule has 2 nitrogen and oxygen atoms in total. The lowest BCUT2D eigenvalue weighted by Crippen LogP contribution is -2.69. The molecule has 1 aliphatic heterocycles. The molecule has 0 bridgehead atoms. The first-order valence-corrected chi connectivity index (χ1v) is 9.67. The van der Waals surface area contributed by atoms with E-state index < -0.39 is 0 Å². The number of thioether (sulfide) groups is 1. The first-order chi connectivity index (χ1) is 9.29. The second kappa shape index (κ2) is 5.95. The van der Waals surface area contributed by atoms with E-state index in [1.807, 2.05) is 11.8 Å². The number of piperazine rings is 1. The lowest BCUT2D eigenvalue weighted by Gasteiger charge is -2.55. The average molecular weight is 282 g/mol. The van der Waals surface area contributed by atoms with Crippen LogP contribution in [0.3, 0.4) is 0 Å². The van der Waals surface area contributed by atoms with Crippen LogP contribution in [0.25, 0.3) is 0 Å². The smallest absolute Gasteiger partial charge is 0.0335 e. The lowest BCUT2D eigenvalue weighted by atomic mass is 9.76. The van der Waals surface area contributed by atoms with Gasteiger partial charge in [-0.1, -0.05) is 32.1 Å². The van der Waals surface area contributed by atoms with Crippen molar-refractivity contribution in [1.82, 2.24) is 10.2 Å². The highest BCUT2D eigenvalue weighted by molar-refractivity contribution is 7.98. The number of nitrogens with zero attached hydrogens (tertiary/aromatic N) is 1. The predicted octanol–water partition coefficient (Wildman–Crippen LogP) is 3.27. The summed E-state index contributed by atoms with van der Waals surface area (Å²) in [5, 5.41) is 4.03. The number of nitrogens with one attached hydrogen (secondary N) is 1. The molecule has 1 heterocycles. The van der Waals surface area contributed by atoms with Crippen molar-refractivity contribution < 1.29 is 0 Å². The molecule has 3 heteroatoms. The summed E-state index contributed by atoms with van der Waals surface area (Å²) in [5.41, 5.74) is 1.00. The largest absolute Gasteiger partial charge is 0.308 e. The van der Waals surface area contributed by atoms with Crippen molar-refractivity contribution in [2.75, 3.05) is 31.6 Å². The van der Waals surface area contributed by atoms with Crippen LogP contribution < -0.4 is 5.32 Å². The van der Waals surface area contributed by atoms with Crippen LogP contribution in [0.2, 0.25) is 0 Å². The molecule has 19 heavy (non-hydrogen) atoms. The molecule has 0 atom stereocenters. The standard InChI is InChI=1S/C16H30N2S/c1-19-12-11-18-14-15(7-3-2-4-8-15)17-13-16(18)9-5-6-10-16/h17H,2-14H2,1H3. The predicted molar refractivity (Wildman–Crippen MR) is 85.0 cm³/mol. The fourth-order valence-electron chi connectivity index (χ4n) is 4.66. The Morgan fingerprint density at radius 1 is 1.00 bits per heavy atom. The third-order valence-corrected chi connectivity index (χ3v) is 6.46. The average Bonchev–Trinajstić information content (AvgIpc) is 2.91. The third kappa shape index (κ3) is 2.84. The van der Waals surface area contributed by atoms with E-state index in [1.54, 1.807) is 0 Å².